The molecule has 2 aliphatic heterocycles. The molecule has 4 rings (SSSR count). The fraction of sp³-hybridized carbons (Fsp3) is 0.304. The summed E-state index contributed by atoms with van der Waals surface area (Å²) in [5.74, 6) is -2.52. The van der Waals surface area contributed by atoms with E-state index in [4.69, 9.17) is 26.5 Å². The maximum atomic E-state index is 10.4. The van der Waals surface area contributed by atoms with Crippen molar-refractivity contribution in [2.75, 3.05) is 0 Å². The zero-order chi connectivity index (χ0) is 21.6. The molecule has 30 heavy (non-hydrogen) atoms. The average Bonchev–Trinajstić information content (AvgIpc) is 2.91. The molecule has 0 spiro atoms. The van der Waals surface area contributed by atoms with Gasteiger partial charge in [0.25, 0.3) is 0 Å². The highest BCUT2D eigenvalue weighted by atomic mass is 35.5. The fourth-order valence-corrected chi connectivity index (χ4v) is 4.91. The van der Waals surface area contributed by atoms with Crippen LogP contribution in [0.1, 0.15) is 24.2 Å². The van der Waals surface area contributed by atoms with Gasteiger partial charge < -0.3 is 9.47 Å². The van der Waals surface area contributed by atoms with Crippen molar-refractivity contribution in [3.63, 3.8) is 0 Å². The quantitative estimate of drug-likeness (QED) is 0.788. The lowest BCUT2D eigenvalue weighted by Gasteiger charge is -2.48. The Morgan fingerprint density at radius 1 is 1.03 bits per heavy atom. The monoisotopic (exact) mass is 416 g/mol. The number of ether oxygens (including phenoxy) is 2. The molecule has 2 aromatic carbocycles. The van der Waals surface area contributed by atoms with E-state index in [1.807, 2.05) is 42.5 Å². The Labute approximate surface area is 179 Å². The van der Waals surface area contributed by atoms with E-state index in [-0.39, 0.29) is 0 Å². The minimum atomic E-state index is -2.00. The Hall–Kier alpha value is -3.37. The first-order valence-corrected chi connectivity index (χ1v) is 9.73. The highest BCUT2D eigenvalue weighted by Gasteiger charge is 2.79. The van der Waals surface area contributed by atoms with Crippen LogP contribution in [0.25, 0.3) is 0 Å². The average molecular weight is 417 g/mol. The van der Waals surface area contributed by atoms with E-state index in [1.165, 1.54) is 0 Å². The molecule has 0 aliphatic carbocycles. The number of benzene rings is 2. The molecule has 0 saturated carbocycles. The van der Waals surface area contributed by atoms with E-state index in [0.717, 1.165) is 5.56 Å². The van der Waals surface area contributed by atoms with Crippen LogP contribution < -0.4 is 0 Å². The highest BCUT2D eigenvalue weighted by molar-refractivity contribution is 6.30. The van der Waals surface area contributed by atoms with Crippen LogP contribution in [0.5, 0.6) is 0 Å². The van der Waals surface area contributed by atoms with Crippen molar-refractivity contribution in [2.45, 2.75) is 25.2 Å². The molecule has 1 N–H and O–H groups in total. The fourth-order valence-electron chi connectivity index (χ4n) is 4.71. The van der Waals surface area contributed by atoms with Gasteiger partial charge in [0.2, 0.25) is 17.1 Å². The number of nitrogens with one attached hydrogen (secondary N) is 1. The van der Waals surface area contributed by atoms with Crippen molar-refractivity contribution in [1.29, 1.82) is 21.2 Å². The Kier molecular flexibility index (Phi) is 4.55. The van der Waals surface area contributed by atoms with E-state index in [2.05, 4.69) is 6.07 Å². The van der Waals surface area contributed by atoms with Gasteiger partial charge in [-0.05, 0) is 29.7 Å². The van der Waals surface area contributed by atoms with Crippen LogP contribution in [-0.2, 0) is 15.9 Å². The predicted molar refractivity (Wildman–Crippen MR) is 108 cm³/mol. The van der Waals surface area contributed by atoms with Crippen molar-refractivity contribution < 1.29 is 9.47 Å². The van der Waals surface area contributed by atoms with Crippen LogP contribution in [0, 0.1) is 56.2 Å². The van der Waals surface area contributed by atoms with Gasteiger partial charge in [-0.2, -0.15) is 15.8 Å². The summed E-state index contributed by atoms with van der Waals surface area (Å²) < 4.78 is 12.1. The third kappa shape index (κ3) is 2.47. The normalized spacial score (nSPS) is 31.1. The van der Waals surface area contributed by atoms with Crippen LogP contribution in [-0.4, -0.2) is 11.7 Å². The lowest BCUT2D eigenvalue weighted by molar-refractivity contribution is -0.272. The minimum Gasteiger partial charge on any atom is -0.448 e. The predicted octanol–water partition coefficient (Wildman–Crippen LogP) is 4.54. The number of nitrogens with zero attached hydrogens (tertiary/aromatic N) is 3. The Balaban J connectivity index is 1.95. The lowest BCUT2D eigenvalue weighted by Crippen LogP contribution is -2.59. The largest absolute Gasteiger partial charge is 0.448 e. The molecule has 2 bridgehead atoms. The zero-order valence-electron chi connectivity index (χ0n) is 16.1. The number of hydrogen-bond acceptors (Lipinski definition) is 6. The van der Waals surface area contributed by atoms with Gasteiger partial charge >= 0.3 is 0 Å². The summed E-state index contributed by atoms with van der Waals surface area (Å²) in [4.78, 5) is 0. The molecular weight excluding hydrogens is 400 g/mol. The number of halogens is 1. The summed E-state index contributed by atoms with van der Waals surface area (Å²) in [6, 6.07) is 22.3. The smallest absolute Gasteiger partial charge is 0.215 e. The number of rotatable bonds is 3. The summed E-state index contributed by atoms with van der Waals surface area (Å²) in [7, 11) is 0. The molecule has 6 nitrogen and oxygen atoms in total. The van der Waals surface area contributed by atoms with Gasteiger partial charge in [0.05, 0.1) is 24.1 Å². The first-order valence-electron chi connectivity index (χ1n) is 9.36. The van der Waals surface area contributed by atoms with Gasteiger partial charge in [0.1, 0.15) is 6.10 Å². The van der Waals surface area contributed by atoms with Gasteiger partial charge in [-0.1, -0.05) is 54.1 Å². The second-order valence-electron chi connectivity index (χ2n) is 7.69. The standard InChI is InChI=1S/C23H17ClN4O2/c1-21-18(10-15-6-3-2-4-7-15)23(14-27,20(28)30-21)22(12-25,13-26)19(29-21)16-8-5-9-17(24)11-16/h2-9,11,18-19,28H,10H2,1H3. The third-order valence-corrected chi connectivity index (χ3v) is 6.38. The van der Waals surface area contributed by atoms with Crippen LogP contribution >= 0.6 is 11.6 Å². The van der Waals surface area contributed by atoms with Gasteiger partial charge in [0, 0.05) is 11.9 Å². The Bertz CT molecular complexity index is 1130. The van der Waals surface area contributed by atoms with Gasteiger partial charge in [-0.15, -0.1) is 0 Å². The molecule has 4 unspecified atom stereocenters. The minimum absolute atomic E-state index is 0.306. The summed E-state index contributed by atoms with van der Waals surface area (Å²) in [6.07, 6.45) is -0.813. The second kappa shape index (κ2) is 6.85. The van der Waals surface area contributed by atoms with E-state index in [1.54, 1.807) is 31.2 Å². The molecule has 4 atom stereocenters. The first kappa shape index (κ1) is 19.9. The molecule has 2 fully saturated rings. The van der Waals surface area contributed by atoms with Gasteiger partial charge in [0.15, 0.2) is 5.41 Å². The maximum Gasteiger partial charge on any atom is 0.215 e. The number of nitriles is 3. The SMILES string of the molecule is CC12OC(=N)C(C#N)(C1Cc1ccccc1)C(C#N)(C#N)C(c1cccc(Cl)c1)O2. The zero-order valence-corrected chi connectivity index (χ0v) is 16.8. The van der Waals surface area contributed by atoms with Gasteiger partial charge in [-0.3, -0.25) is 5.41 Å². The molecule has 0 radical (unpaired) electrons. The highest BCUT2D eigenvalue weighted by Crippen LogP contribution is 2.67. The summed E-state index contributed by atoms with van der Waals surface area (Å²) in [5, 5.41) is 39.8. The lowest BCUT2D eigenvalue weighted by atomic mass is 9.52. The van der Waals surface area contributed by atoms with Crippen molar-refractivity contribution >= 4 is 17.5 Å². The molecule has 2 heterocycles. The molecule has 7 heteroatoms. The molecule has 2 aromatic rings. The first-order chi connectivity index (χ1) is 14.4. The number of hydrogen-bond donors (Lipinski definition) is 1. The van der Waals surface area contributed by atoms with E-state index in [0.29, 0.717) is 17.0 Å². The van der Waals surface area contributed by atoms with E-state index in [9.17, 15) is 15.8 Å². The summed E-state index contributed by atoms with van der Waals surface area (Å²) >= 11 is 6.14. The number of fused-ring (bicyclic) bond motifs is 2. The van der Waals surface area contributed by atoms with Gasteiger partial charge in [-0.25, -0.2) is 0 Å². The van der Waals surface area contributed by atoms with E-state index < -0.39 is 34.5 Å². The maximum absolute atomic E-state index is 10.4. The van der Waals surface area contributed by atoms with Crippen molar-refractivity contribution in [2.24, 2.45) is 16.7 Å². The Morgan fingerprint density at radius 2 is 1.73 bits per heavy atom. The van der Waals surface area contributed by atoms with Crippen LogP contribution in [0.15, 0.2) is 54.6 Å². The third-order valence-electron chi connectivity index (χ3n) is 6.15. The molecule has 0 amide bonds. The van der Waals surface area contributed by atoms with Crippen LogP contribution in [0.3, 0.4) is 0 Å². The molecule has 0 aromatic heterocycles. The summed E-state index contributed by atoms with van der Waals surface area (Å²) in [5.41, 5.74) is -2.44. The van der Waals surface area contributed by atoms with Crippen LogP contribution in [0.2, 0.25) is 5.02 Å². The summed E-state index contributed by atoms with van der Waals surface area (Å²) in [6.45, 7) is 1.66. The van der Waals surface area contributed by atoms with Crippen molar-refractivity contribution in [3.05, 3.63) is 70.7 Å². The molecular formula is C23H17ClN4O2. The molecule has 148 valence electrons. The van der Waals surface area contributed by atoms with E-state index >= 15 is 0 Å². The van der Waals surface area contributed by atoms with Crippen LogP contribution in [0.4, 0.5) is 0 Å². The second-order valence-corrected chi connectivity index (χ2v) is 8.13. The van der Waals surface area contributed by atoms with Crippen molar-refractivity contribution in [1.82, 2.24) is 0 Å². The molecule has 2 saturated heterocycles. The molecule has 2 aliphatic rings. The topological polar surface area (TPSA) is 114 Å². The van der Waals surface area contributed by atoms with Crippen molar-refractivity contribution in [3.8, 4) is 18.2 Å². The Morgan fingerprint density at radius 3 is 2.33 bits per heavy atom.